The molecule has 1 aromatic heterocycles. The number of amides is 1. The van der Waals surface area contributed by atoms with E-state index >= 15 is 0 Å². The molecule has 2 aromatic carbocycles. The van der Waals surface area contributed by atoms with Gasteiger partial charge in [0.25, 0.3) is 5.91 Å². The van der Waals surface area contributed by atoms with Crippen LogP contribution in [0.15, 0.2) is 34.7 Å². The molecule has 3 rings (SSSR count). The summed E-state index contributed by atoms with van der Waals surface area (Å²) in [4.78, 5) is 15.5. The lowest BCUT2D eigenvalue weighted by Gasteiger charge is -2.18. The summed E-state index contributed by atoms with van der Waals surface area (Å²) >= 11 is 0. The number of hydrogen-bond acceptors (Lipinski definition) is 4. The summed E-state index contributed by atoms with van der Waals surface area (Å²) in [7, 11) is 0. The van der Waals surface area contributed by atoms with Gasteiger partial charge in [0, 0.05) is 0 Å². The topological polar surface area (TPSA) is 78.4 Å². The van der Waals surface area contributed by atoms with Gasteiger partial charge in [-0.25, -0.2) is 13.8 Å². The van der Waals surface area contributed by atoms with Crippen molar-refractivity contribution in [1.29, 1.82) is 0 Å². The number of nitrogens with zero attached hydrogens (tertiary/aromatic N) is 1. The Morgan fingerprint density at radius 3 is 2.62 bits per heavy atom. The first-order valence-corrected chi connectivity index (χ1v) is 7.97. The molecule has 7 heteroatoms. The second kappa shape index (κ2) is 6.40. The van der Waals surface area contributed by atoms with E-state index in [1.54, 1.807) is 0 Å². The van der Waals surface area contributed by atoms with E-state index in [0.29, 0.717) is 11.1 Å². The van der Waals surface area contributed by atoms with Crippen LogP contribution in [0.4, 0.5) is 8.78 Å². The molecule has 0 fully saturated rings. The highest BCUT2D eigenvalue weighted by molar-refractivity contribution is 5.93. The minimum Gasteiger partial charge on any atom is -0.481 e. The molecule has 0 unspecified atom stereocenters. The lowest BCUT2D eigenvalue weighted by atomic mass is 9.87. The second-order valence-electron chi connectivity index (χ2n) is 6.93. The van der Waals surface area contributed by atoms with Crippen LogP contribution in [-0.4, -0.2) is 10.9 Å². The normalized spacial score (nSPS) is 11.7. The van der Waals surface area contributed by atoms with Crippen LogP contribution in [-0.2, 0) is 12.0 Å². The van der Waals surface area contributed by atoms with Crippen LogP contribution >= 0.6 is 0 Å². The van der Waals surface area contributed by atoms with Crippen molar-refractivity contribution < 1.29 is 22.7 Å². The van der Waals surface area contributed by atoms with E-state index in [9.17, 15) is 13.6 Å². The standard InChI is InChI=1S/C19H18F2N2O3/c1-19(2,3)10-4-6-13-12(8-10)23-15(26-13)9-25-14-7-5-11(20)16(17(14)21)18(22)24/h4-8H,9H2,1-3H3,(H2,22,24). The van der Waals surface area contributed by atoms with Gasteiger partial charge < -0.3 is 14.9 Å². The highest BCUT2D eigenvalue weighted by atomic mass is 19.1. The molecule has 1 heterocycles. The number of primary amides is 1. The fourth-order valence-corrected chi connectivity index (χ4v) is 2.51. The summed E-state index contributed by atoms with van der Waals surface area (Å²) in [5, 5.41) is 0. The molecule has 26 heavy (non-hydrogen) atoms. The van der Waals surface area contributed by atoms with Gasteiger partial charge in [-0.1, -0.05) is 26.8 Å². The maximum absolute atomic E-state index is 14.2. The molecule has 3 aromatic rings. The Hall–Kier alpha value is -2.96. The molecule has 0 saturated heterocycles. The fraction of sp³-hybridized carbons (Fsp3) is 0.263. The summed E-state index contributed by atoms with van der Waals surface area (Å²) in [5.74, 6) is -3.47. The summed E-state index contributed by atoms with van der Waals surface area (Å²) in [5.41, 5.74) is 6.45. The average Bonchev–Trinajstić information content (AvgIpc) is 2.95. The van der Waals surface area contributed by atoms with Crippen molar-refractivity contribution in [3.63, 3.8) is 0 Å². The SMILES string of the molecule is CC(C)(C)c1ccc2oc(COc3ccc(F)c(C(N)=O)c3F)nc2c1. The number of rotatable bonds is 4. The molecule has 0 saturated carbocycles. The number of halogens is 2. The van der Waals surface area contributed by atoms with Gasteiger partial charge in [0.2, 0.25) is 5.89 Å². The number of carbonyl (C=O) groups excluding carboxylic acids is 1. The van der Waals surface area contributed by atoms with E-state index in [4.69, 9.17) is 14.9 Å². The molecule has 0 atom stereocenters. The van der Waals surface area contributed by atoms with E-state index in [0.717, 1.165) is 17.7 Å². The van der Waals surface area contributed by atoms with Gasteiger partial charge in [-0.3, -0.25) is 4.79 Å². The number of nitrogens with two attached hydrogens (primary N) is 1. The number of fused-ring (bicyclic) bond motifs is 1. The quantitative estimate of drug-likeness (QED) is 0.760. The average molecular weight is 360 g/mol. The number of carbonyl (C=O) groups is 1. The smallest absolute Gasteiger partial charge is 0.254 e. The third-order valence-electron chi connectivity index (χ3n) is 3.95. The maximum atomic E-state index is 14.2. The Morgan fingerprint density at radius 2 is 1.96 bits per heavy atom. The van der Waals surface area contributed by atoms with Gasteiger partial charge >= 0.3 is 0 Å². The number of oxazole rings is 1. The van der Waals surface area contributed by atoms with E-state index in [1.165, 1.54) is 0 Å². The first-order chi connectivity index (χ1) is 12.2. The Bertz CT molecular complexity index is 990. The van der Waals surface area contributed by atoms with Crippen molar-refractivity contribution in [2.75, 3.05) is 0 Å². The third-order valence-corrected chi connectivity index (χ3v) is 3.95. The van der Waals surface area contributed by atoms with Crippen LogP contribution in [0.25, 0.3) is 11.1 Å². The first-order valence-electron chi connectivity index (χ1n) is 7.97. The van der Waals surface area contributed by atoms with Crippen LogP contribution in [0.1, 0.15) is 42.6 Å². The maximum Gasteiger partial charge on any atom is 0.254 e. The third kappa shape index (κ3) is 3.37. The van der Waals surface area contributed by atoms with E-state index in [-0.39, 0.29) is 23.7 Å². The zero-order chi connectivity index (χ0) is 19.1. The molecule has 0 spiro atoms. The Kier molecular flexibility index (Phi) is 4.39. The first kappa shape index (κ1) is 17.8. The molecule has 2 N–H and O–H groups in total. The Labute approximate surface area is 148 Å². The predicted molar refractivity (Wildman–Crippen MR) is 91.9 cm³/mol. The molecule has 5 nitrogen and oxygen atoms in total. The van der Waals surface area contributed by atoms with Crippen molar-refractivity contribution in [3.8, 4) is 5.75 Å². The van der Waals surface area contributed by atoms with Gasteiger partial charge in [-0.2, -0.15) is 0 Å². The zero-order valence-electron chi connectivity index (χ0n) is 14.6. The van der Waals surface area contributed by atoms with Crippen LogP contribution in [0.3, 0.4) is 0 Å². The fourth-order valence-electron chi connectivity index (χ4n) is 2.51. The van der Waals surface area contributed by atoms with Gasteiger partial charge in [-0.05, 0) is 35.2 Å². The number of hydrogen-bond donors (Lipinski definition) is 1. The van der Waals surface area contributed by atoms with Crippen molar-refractivity contribution in [2.24, 2.45) is 5.73 Å². The van der Waals surface area contributed by atoms with Crippen LogP contribution in [0.5, 0.6) is 5.75 Å². The van der Waals surface area contributed by atoms with Crippen molar-refractivity contribution in [3.05, 3.63) is 59.0 Å². The van der Waals surface area contributed by atoms with Crippen LogP contribution in [0, 0.1) is 11.6 Å². The molecular formula is C19H18F2N2O3. The van der Waals surface area contributed by atoms with E-state index in [1.807, 2.05) is 18.2 Å². The van der Waals surface area contributed by atoms with Crippen molar-refractivity contribution in [1.82, 2.24) is 4.98 Å². The number of ether oxygens (including phenoxy) is 1. The molecule has 0 aliphatic heterocycles. The van der Waals surface area contributed by atoms with E-state index < -0.39 is 23.1 Å². The highest BCUT2D eigenvalue weighted by Gasteiger charge is 2.20. The lowest BCUT2D eigenvalue weighted by Crippen LogP contribution is -2.16. The predicted octanol–water partition coefficient (Wildman–Crippen LogP) is 4.08. The van der Waals surface area contributed by atoms with Gasteiger partial charge in [0.05, 0.1) is 0 Å². The second-order valence-corrected chi connectivity index (χ2v) is 6.93. The Balaban J connectivity index is 1.84. The number of benzene rings is 2. The van der Waals surface area contributed by atoms with Gasteiger partial charge in [0.1, 0.15) is 16.9 Å². The minimum absolute atomic E-state index is 0.0355. The zero-order valence-corrected chi connectivity index (χ0v) is 14.6. The molecule has 0 bridgehead atoms. The van der Waals surface area contributed by atoms with Crippen LogP contribution < -0.4 is 10.5 Å². The van der Waals surface area contributed by atoms with Crippen molar-refractivity contribution >= 4 is 17.0 Å². The molecule has 0 aliphatic rings. The molecule has 0 radical (unpaired) electrons. The lowest BCUT2D eigenvalue weighted by molar-refractivity contribution is 0.0991. The molecule has 1 amide bonds. The van der Waals surface area contributed by atoms with Gasteiger partial charge in [-0.15, -0.1) is 0 Å². The minimum atomic E-state index is -1.21. The van der Waals surface area contributed by atoms with Gasteiger partial charge in [0.15, 0.2) is 23.8 Å². The largest absolute Gasteiger partial charge is 0.481 e. The van der Waals surface area contributed by atoms with E-state index in [2.05, 4.69) is 25.8 Å². The Morgan fingerprint density at radius 1 is 1.23 bits per heavy atom. The van der Waals surface area contributed by atoms with Crippen molar-refractivity contribution in [2.45, 2.75) is 32.8 Å². The summed E-state index contributed by atoms with van der Waals surface area (Å²) in [6.45, 7) is 6.09. The molecule has 0 aliphatic carbocycles. The van der Waals surface area contributed by atoms with Crippen LogP contribution in [0.2, 0.25) is 0 Å². The number of aromatic nitrogens is 1. The monoisotopic (exact) mass is 360 g/mol. The summed E-state index contributed by atoms with van der Waals surface area (Å²) < 4.78 is 38.5. The molecule has 136 valence electrons. The summed E-state index contributed by atoms with van der Waals surface area (Å²) in [6, 6.07) is 7.69. The highest BCUT2D eigenvalue weighted by Crippen LogP contribution is 2.27. The summed E-state index contributed by atoms with van der Waals surface area (Å²) in [6.07, 6.45) is 0. The molecular weight excluding hydrogens is 342 g/mol.